The molecule has 0 atom stereocenters. The third-order valence-corrected chi connectivity index (χ3v) is 3.52. The quantitative estimate of drug-likeness (QED) is 0.816. The minimum Gasteiger partial charge on any atom is -0.340 e. The minimum atomic E-state index is -0.0331. The van der Waals surface area contributed by atoms with Crippen molar-refractivity contribution in [1.29, 1.82) is 0 Å². The SMILES string of the molecule is CC(C)n1ccc(C(=O)N(C)CCCc2nccn2C)n1. The second kappa shape index (κ2) is 6.56. The molecular weight excluding hydrogens is 266 g/mol. The van der Waals surface area contributed by atoms with Gasteiger partial charge in [0.1, 0.15) is 11.5 Å². The molecule has 2 aromatic rings. The largest absolute Gasteiger partial charge is 0.340 e. The summed E-state index contributed by atoms with van der Waals surface area (Å²) in [6, 6.07) is 2.04. The molecule has 114 valence electrons. The maximum Gasteiger partial charge on any atom is 0.274 e. The molecule has 0 aromatic carbocycles. The molecule has 0 aliphatic rings. The van der Waals surface area contributed by atoms with Gasteiger partial charge in [0, 0.05) is 51.7 Å². The number of rotatable bonds is 6. The van der Waals surface area contributed by atoms with Crippen molar-refractivity contribution in [2.24, 2.45) is 7.05 Å². The smallest absolute Gasteiger partial charge is 0.274 e. The Balaban J connectivity index is 1.86. The first-order valence-corrected chi connectivity index (χ1v) is 7.26. The summed E-state index contributed by atoms with van der Waals surface area (Å²) >= 11 is 0. The van der Waals surface area contributed by atoms with Crippen LogP contribution in [0.1, 0.15) is 42.6 Å². The number of hydrogen-bond donors (Lipinski definition) is 0. The van der Waals surface area contributed by atoms with Crippen molar-refractivity contribution >= 4 is 5.91 Å². The van der Waals surface area contributed by atoms with Gasteiger partial charge in [-0.3, -0.25) is 9.48 Å². The topological polar surface area (TPSA) is 56.0 Å². The van der Waals surface area contributed by atoms with E-state index in [4.69, 9.17) is 0 Å². The lowest BCUT2D eigenvalue weighted by atomic mass is 10.2. The maximum absolute atomic E-state index is 12.3. The Morgan fingerprint density at radius 2 is 2.14 bits per heavy atom. The predicted octanol–water partition coefficient (Wildman–Crippen LogP) is 1.90. The van der Waals surface area contributed by atoms with Gasteiger partial charge < -0.3 is 9.47 Å². The van der Waals surface area contributed by atoms with E-state index in [9.17, 15) is 4.79 Å². The Kier molecular flexibility index (Phi) is 4.77. The molecule has 21 heavy (non-hydrogen) atoms. The van der Waals surface area contributed by atoms with Crippen LogP contribution in [0.4, 0.5) is 0 Å². The van der Waals surface area contributed by atoms with E-state index < -0.39 is 0 Å². The zero-order valence-electron chi connectivity index (χ0n) is 13.2. The molecule has 0 aliphatic carbocycles. The fraction of sp³-hybridized carbons (Fsp3) is 0.533. The summed E-state index contributed by atoms with van der Waals surface area (Å²) in [5.41, 5.74) is 0.503. The van der Waals surface area contributed by atoms with Crippen LogP contribution in [0.2, 0.25) is 0 Å². The van der Waals surface area contributed by atoms with E-state index in [0.717, 1.165) is 18.7 Å². The Morgan fingerprint density at radius 1 is 1.38 bits per heavy atom. The fourth-order valence-electron chi connectivity index (χ4n) is 2.15. The van der Waals surface area contributed by atoms with Gasteiger partial charge in [-0.15, -0.1) is 0 Å². The van der Waals surface area contributed by atoms with Crippen LogP contribution in [0.15, 0.2) is 24.7 Å². The number of nitrogens with zero attached hydrogens (tertiary/aromatic N) is 5. The van der Waals surface area contributed by atoms with Crippen molar-refractivity contribution in [3.05, 3.63) is 36.2 Å². The van der Waals surface area contributed by atoms with E-state index in [1.54, 1.807) is 21.8 Å². The number of carbonyl (C=O) groups is 1. The number of aromatic nitrogens is 4. The molecule has 6 nitrogen and oxygen atoms in total. The molecule has 2 heterocycles. The highest BCUT2D eigenvalue weighted by Gasteiger charge is 2.15. The van der Waals surface area contributed by atoms with Crippen LogP contribution < -0.4 is 0 Å². The van der Waals surface area contributed by atoms with Crippen LogP contribution in [-0.2, 0) is 13.5 Å². The van der Waals surface area contributed by atoms with E-state index in [2.05, 4.69) is 10.1 Å². The summed E-state index contributed by atoms with van der Waals surface area (Å²) in [4.78, 5) is 18.3. The Labute approximate surface area is 125 Å². The van der Waals surface area contributed by atoms with Crippen molar-refractivity contribution in [1.82, 2.24) is 24.2 Å². The molecule has 0 spiro atoms. The van der Waals surface area contributed by atoms with E-state index in [1.807, 2.05) is 44.9 Å². The first-order valence-electron chi connectivity index (χ1n) is 7.26. The molecular formula is C15H23N5O. The van der Waals surface area contributed by atoms with Gasteiger partial charge >= 0.3 is 0 Å². The number of carbonyl (C=O) groups excluding carboxylic acids is 1. The van der Waals surface area contributed by atoms with Gasteiger partial charge in [0.15, 0.2) is 0 Å². The van der Waals surface area contributed by atoms with Crippen LogP contribution in [0.25, 0.3) is 0 Å². The summed E-state index contributed by atoms with van der Waals surface area (Å²) in [6.45, 7) is 4.77. The normalized spacial score (nSPS) is 11.1. The van der Waals surface area contributed by atoms with Crippen molar-refractivity contribution in [2.45, 2.75) is 32.7 Å². The first kappa shape index (κ1) is 15.3. The van der Waals surface area contributed by atoms with Crippen LogP contribution in [0.5, 0.6) is 0 Å². The number of amides is 1. The monoisotopic (exact) mass is 289 g/mol. The molecule has 0 saturated heterocycles. The molecule has 1 amide bonds. The van der Waals surface area contributed by atoms with Crippen molar-refractivity contribution in [3.63, 3.8) is 0 Å². The lowest BCUT2D eigenvalue weighted by Crippen LogP contribution is -2.28. The zero-order valence-corrected chi connectivity index (χ0v) is 13.2. The lowest BCUT2D eigenvalue weighted by molar-refractivity contribution is 0.0786. The average Bonchev–Trinajstić information content (AvgIpc) is 3.07. The van der Waals surface area contributed by atoms with Crippen molar-refractivity contribution in [2.75, 3.05) is 13.6 Å². The van der Waals surface area contributed by atoms with Crippen molar-refractivity contribution < 1.29 is 4.79 Å². The van der Waals surface area contributed by atoms with Crippen LogP contribution >= 0.6 is 0 Å². The van der Waals surface area contributed by atoms with E-state index in [0.29, 0.717) is 12.2 Å². The van der Waals surface area contributed by atoms with Gasteiger partial charge in [-0.05, 0) is 26.3 Å². The van der Waals surface area contributed by atoms with Crippen LogP contribution in [0, 0.1) is 0 Å². The average molecular weight is 289 g/mol. The molecule has 0 N–H and O–H groups in total. The highest BCUT2D eigenvalue weighted by Crippen LogP contribution is 2.07. The molecule has 0 aliphatic heterocycles. The standard InChI is InChI=1S/C15H23N5O/c1-12(2)20-10-7-13(17-20)15(21)19(4)9-5-6-14-16-8-11-18(14)3/h7-8,10-12H,5-6,9H2,1-4H3. The highest BCUT2D eigenvalue weighted by molar-refractivity contribution is 5.91. The molecule has 0 radical (unpaired) electrons. The van der Waals surface area contributed by atoms with Crippen molar-refractivity contribution in [3.8, 4) is 0 Å². The molecule has 6 heteroatoms. The Bertz CT molecular complexity index is 599. The van der Waals surface area contributed by atoms with Gasteiger partial charge in [-0.1, -0.05) is 0 Å². The minimum absolute atomic E-state index is 0.0331. The fourth-order valence-corrected chi connectivity index (χ4v) is 2.15. The second-order valence-corrected chi connectivity index (χ2v) is 5.56. The van der Waals surface area contributed by atoms with Gasteiger partial charge in [0.2, 0.25) is 0 Å². The molecule has 0 unspecified atom stereocenters. The molecule has 0 bridgehead atoms. The summed E-state index contributed by atoms with van der Waals surface area (Å²) in [7, 11) is 3.80. The molecule has 2 aromatic heterocycles. The third kappa shape index (κ3) is 3.71. The summed E-state index contributed by atoms with van der Waals surface area (Å²) in [6.07, 6.45) is 7.32. The van der Waals surface area contributed by atoms with E-state index in [1.165, 1.54) is 0 Å². The molecule has 0 saturated carbocycles. The summed E-state index contributed by atoms with van der Waals surface area (Å²) in [5.74, 6) is 1.01. The van der Waals surface area contributed by atoms with Crippen LogP contribution in [0.3, 0.4) is 0 Å². The first-order chi connectivity index (χ1) is 9.99. The number of imidazole rings is 1. The lowest BCUT2D eigenvalue weighted by Gasteiger charge is -2.15. The zero-order chi connectivity index (χ0) is 15.4. The van der Waals surface area contributed by atoms with E-state index >= 15 is 0 Å². The van der Waals surface area contributed by atoms with Gasteiger partial charge in [0.25, 0.3) is 5.91 Å². The summed E-state index contributed by atoms with van der Waals surface area (Å²) in [5, 5.41) is 4.31. The van der Waals surface area contributed by atoms with Gasteiger partial charge in [0.05, 0.1) is 0 Å². The summed E-state index contributed by atoms with van der Waals surface area (Å²) < 4.78 is 3.81. The third-order valence-electron chi connectivity index (χ3n) is 3.52. The van der Waals surface area contributed by atoms with Gasteiger partial charge in [-0.25, -0.2) is 4.98 Å². The highest BCUT2D eigenvalue weighted by atomic mass is 16.2. The predicted molar refractivity (Wildman–Crippen MR) is 81.1 cm³/mol. The number of aryl methyl sites for hydroxylation is 2. The molecule has 2 rings (SSSR count). The maximum atomic E-state index is 12.3. The Hall–Kier alpha value is -2.11. The van der Waals surface area contributed by atoms with Crippen LogP contribution in [-0.4, -0.2) is 43.7 Å². The number of hydrogen-bond acceptors (Lipinski definition) is 3. The van der Waals surface area contributed by atoms with E-state index in [-0.39, 0.29) is 11.9 Å². The van der Waals surface area contributed by atoms with Gasteiger partial charge in [-0.2, -0.15) is 5.10 Å². The molecule has 0 fully saturated rings. The Morgan fingerprint density at radius 3 is 2.71 bits per heavy atom. The second-order valence-electron chi connectivity index (χ2n) is 5.56.